The molecule has 3 rings (SSSR count). The van der Waals surface area contributed by atoms with Crippen molar-refractivity contribution >= 4 is 77.6 Å². The summed E-state index contributed by atoms with van der Waals surface area (Å²) in [5, 5.41) is 3.11. The molecule has 0 aliphatic rings. The maximum atomic E-state index is 4.58. The van der Waals surface area contributed by atoms with Crippen LogP contribution in [-0.2, 0) is 11.1 Å². The van der Waals surface area contributed by atoms with E-state index in [2.05, 4.69) is 97.0 Å². The van der Waals surface area contributed by atoms with Gasteiger partial charge in [0.1, 0.15) is 0 Å². The summed E-state index contributed by atoms with van der Waals surface area (Å²) in [6.45, 7) is 7.42. The zero-order valence-corrected chi connectivity index (χ0v) is 21.2. The molecule has 0 radical (unpaired) electrons. The Balaban J connectivity index is 0.000000325. The Kier molecular flexibility index (Phi) is 10.7. The van der Waals surface area contributed by atoms with Crippen molar-refractivity contribution in [2.45, 2.75) is 13.8 Å². The normalized spacial score (nSPS) is 10.5. The van der Waals surface area contributed by atoms with Gasteiger partial charge < -0.3 is 6.92 Å². The molecule has 0 unspecified atom stereocenters. The molecule has 0 aliphatic carbocycles. The van der Waals surface area contributed by atoms with E-state index < -0.39 is 11.1 Å². The van der Waals surface area contributed by atoms with E-state index in [0.29, 0.717) is 0 Å². The third kappa shape index (κ3) is 7.60. The van der Waals surface area contributed by atoms with Gasteiger partial charge in [0.15, 0.2) is 0 Å². The van der Waals surface area contributed by atoms with Gasteiger partial charge in [-0.15, -0.1) is 21.3 Å². The van der Waals surface area contributed by atoms with E-state index in [1.165, 1.54) is 0 Å². The van der Waals surface area contributed by atoms with Gasteiger partial charge in [0.25, 0.3) is 0 Å². The van der Waals surface area contributed by atoms with Crippen LogP contribution in [0.5, 0.6) is 0 Å². The van der Waals surface area contributed by atoms with Gasteiger partial charge in [-0.3, -0.25) is 9.97 Å². The van der Waals surface area contributed by atoms with Gasteiger partial charge >= 0.3 is 51.0 Å². The minimum atomic E-state index is -0.831. The number of nitrogens with zero attached hydrogens (tertiary/aromatic N) is 2. The minimum absolute atomic E-state index is 0.812. The molecule has 0 bridgehead atoms. The summed E-state index contributed by atoms with van der Waals surface area (Å²) in [6, 6.07) is 12.5. The second-order valence-corrected chi connectivity index (χ2v) is 35.0. The second-order valence-electron chi connectivity index (χ2n) is 4.44. The van der Waals surface area contributed by atoms with Gasteiger partial charge in [0.2, 0.25) is 0 Å². The van der Waals surface area contributed by atoms with Crippen LogP contribution in [-0.4, -0.2) is 15.3 Å². The molecule has 2 nitrogen and oxygen atoms in total. The van der Waals surface area contributed by atoms with E-state index in [1.54, 1.807) is 0 Å². The number of rotatable bonds is 0. The third-order valence-corrected chi connectivity index (χ3v) is 2.80. The van der Waals surface area contributed by atoms with Gasteiger partial charge in [-0.2, -0.15) is 0 Å². The van der Waals surface area contributed by atoms with Crippen molar-refractivity contribution < 1.29 is 11.1 Å². The zero-order valence-electron chi connectivity index (χ0n) is 12.6. The molecular formula is C16H16Br4N2Pt-. The second kappa shape index (κ2) is 11.3. The standard InChI is InChI=1S/C14H12N2.C2H4Br.3BrH.Pt/c1-9-3-5-11-7-8-12-6-4-10(2)16-14(12)13(11)15-9;1-2-3;;;;/h3-8H,1-2H3;1-2H2;3*1H;/q;-1;;;;+3/p-3. The Morgan fingerprint density at radius 3 is 1.39 bits per heavy atom. The number of alkyl halides is 1. The molecule has 2 aromatic heterocycles. The van der Waals surface area contributed by atoms with Crippen LogP contribution in [0.25, 0.3) is 21.8 Å². The summed E-state index contributed by atoms with van der Waals surface area (Å²) in [7, 11) is 0. The molecule has 129 valence electrons. The molecule has 0 N–H and O–H groups in total. The first-order valence-corrected chi connectivity index (χ1v) is 22.5. The van der Waals surface area contributed by atoms with Gasteiger partial charge in [0.05, 0.1) is 11.0 Å². The summed E-state index contributed by atoms with van der Waals surface area (Å²) < 4.78 is 0. The van der Waals surface area contributed by atoms with E-state index >= 15 is 0 Å². The van der Waals surface area contributed by atoms with Crippen LogP contribution in [0.15, 0.2) is 36.4 Å². The number of fused-ring (bicyclic) bond motifs is 3. The van der Waals surface area contributed by atoms with Crippen LogP contribution < -0.4 is 0 Å². The Bertz CT molecular complexity index is 702. The Labute approximate surface area is 171 Å². The molecule has 0 fully saturated rings. The van der Waals surface area contributed by atoms with Crippen molar-refractivity contribution in [1.82, 2.24) is 9.97 Å². The van der Waals surface area contributed by atoms with Crippen LogP contribution in [0.1, 0.15) is 11.4 Å². The molecule has 2 heterocycles. The van der Waals surface area contributed by atoms with Crippen LogP contribution in [0.2, 0.25) is 0 Å². The molecular weight excluding hydrogens is 735 g/mol. The first-order valence-electron chi connectivity index (χ1n) is 6.50. The predicted octanol–water partition coefficient (Wildman–Crippen LogP) is 7.15. The Hall–Kier alpha value is 0.648. The maximum absolute atomic E-state index is 4.58. The number of benzene rings is 1. The molecule has 0 saturated heterocycles. The average molecular weight is 751 g/mol. The fraction of sp³-hybridized carbons (Fsp3) is 0.188. The van der Waals surface area contributed by atoms with Crippen LogP contribution in [0.4, 0.5) is 0 Å². The number of pyridine rings is 2. The SMILES string of the molecule is Cc1ccc2ccc3ccc(C)nc3c2n1.[Br][Pt]([Br])[Br].[CH2-]CBr. The molecule has 0 aliphatic heterocycles. The summed E-state index contributed by atoms with van der Waals surface area (Å²) in [5.41, 5.74) is 4.06. The average Bonchev–Trinajstić information content (AvgIpc) is 2.47. The van der Waals surface area contributed by atoms with Gasteiger partial charge in [-0.05, 0) is 26.0 Å². The van der Waals surface area contributed by atoms with Crippen molar-refractivity contribution in [3.05, 3.63) is 54.7 Å². The largest absolute Gasteiger partial charge is 0.333 e. The molecule has 0 amide bonds. The number of hydrogen-bond acceptors (Lipinski definition) is 2. The fourth-order valence-corrected chi connectivity index (χ4v) is 1.96. The molecule has 0 spiro atoms. The number of hydrogen-bond donors (Lipinski definition) is 0. The van der Waals surface area contributed by atoms with Crippen LogP contribution >= 0.6 is 55.8 Å². The fourth-order valence-electron chi connectivity index (χ4n) is 1.96. The number of aryl methyl sites for hydroxylation is 2. The summed E-state index contributed by atoms with van der Waals surface area (Å²) in [5.74, 6) is 0. The summed E-state index contributed by atoms with van der Waals surface area (Å²) >= 11 is 12.0. The van der Waals surface area contributed by atoms with E-state index in [-0.39, 0.29) is 0 Å². The van der Waals surface area contributed by atoms with E-state index in [1.807, 2.05) is 26.0 Å². The molecule has 23 heavy (non-hydrogen) atoms. The molecule has 7 heteroatoms. The molecule has 3 aromatic rings. The smallest absolute Gasteiger partial charge is 0.124 e. The van der Waals surface area contributed by atoms with Gasteiger partial charge in [-0.1, -0.05) is 24.3 Å². The van der Waals surface area contributed by atoms with Crippen LogP contribution in [0.3, 0.4) is 0 Å². The van der Waals surface area contributed by atoms with Crippen molar-refractivity contribution in [3.63, 3.8) is 0 Å². The van der Waals surface area contributed by atoms with Gasteiger partial charge in [-0.25, -0.2) is 0 Å². The van der Waals surface area contributed by atoms with Crippen molar-refractivity contribution in [3.8, 4) is 0 Å². The summed E-state index contributed by atoms with van der Waals surface area (Å²) in [4.78, 5) is 9.16. The maximum Gasteiger partial charge on any atom is -0.124 e. The van der Waals surface area contributed by atoms with Gasteiger partial charge in [0, 0.05) is 22.2 Å². The van der Waals surface area contributed by atoms with E-state index in [0.717, 1.165) is 38.5 Å². The number of aromatic nitrogens is 2. The summed E-state index contributed by atoms with van der Waals surface area (Å²) in [6.07, 6.45) is 0. The van der Waals surface area contributed by atoms with Crippen LogP contribution in [0, 0.1) is 20.8 Å². The van der Waals surface area contributed by atoms with Crippen molar-refractivity contribution in [2.75, 3.05) is 5.33 Å². The minimum Gasteiger partial charge on any atom is -0.333 e. The third-order valence-electron chi connectivity index (χ3n) is 2.80. The molecule has 1 aromatic carbocycles. The Morgan fingerprint density at radius 2 is 1.09 bits per heavy atom. The molecule has 0 saturated carbocycles. The number of halogens is 4. The predicted molar refractivity (Wildman–Crippen MR) is 112 cm³/mol. The quantitative estimate of drug-likeness (QED) is 0.139. The van der Waals surface area contributed by atoms with Crippen molar-refractivity contribution in [1.29, 1.82) is 0 Å². The van der Waals surface area contributed by atoms with E-state index in [9.17, 15) is 0 Å². The Morgan fingerprint density at radius 1 is 0.826 bits per heavy atom. The van der Waals surface area contributed by atoms with E-state index in [4.69, 9.17) is 0 Å². The first-order chi connectivity index (χ1) is 10.9. The first kappa shape index (κ1) is 21.7. The molecule has 0 atom stereocenters. The monoisotopic (exact) mass is 747 g/mol. The topological polar surface area (TPSA) is 25.8 Å². The van der Waals surface area contributed by atoms with Crippen molar-refractivity contribution in [2.24, 2.45) is 0 Å². The zero-order chi connectivity index (χ0) is 17.4.